The maximum absolute atomic E-state index is 12.7. The number of nitrogens with one attached hydrogen (secondary N) is 1. The Morgan fingerprint density at radius 1 is 1.48 bits per heavy atom. The number of nitrogens with two attached hydrogens (primary N) is 1. The smallest absolute Gasteiger partial charge is 0.254 e. The van der Waals surface area contributed by atoms with Crippen molar-refractivity contribution in [3.63, 3.8) is 0 Å². The van der Waals surface area contributed by atoms with Crippen LogP contribution in [-0.2, 0) is 9.53 Å². The van der Waals surface area contributed by atoms with Gasteiger partial charge in [-0.25, -0.2) is 4.98 Å². The Kier molecular flexibility index (Phi) is 3.42. The lowest BCUT2D eigenvalue weighted by Gasteiger charge is -2.41. The minimum absolute atomic E-state index is 0.00225. The van der Waals surface area contributed by atoms with Crippen LogP contribution in [0.2, 0.25) is 0 Å². The van der Waals surface area contributed by atoms with Gasteiger partial charge in [-0.05, 0) is 24.6 Å². The molecule has 2 atom stereocenters. The Morgan fingerprint density at radius 2 is 2.35 bits per heavy atom. The van der Waals surface area contributed by atoms with Gasteiger partial charge in [0, 0.05) is 18.7 Å². The van der Waals surface area contributed by atoms with E-state index < -0.39 is 0 Å². The highest BCUT2D eigenvalue weighted by atomic mass is 32.1. The van der Waals surface area contributed by atoms with Gasteiger partial charge < -0.3 is 20.7 Å². The number of anilines is 1. The Morgan fingerprint density at radius 3 is 3.22 bits per heavy atom. The highest BCUT2D eigenvalue weighted by Crippen LogP contribution is 2.26. The number of benzene rings is 1. The molecule has 0 spiro atoms. The second-order valence-electron chi connectivity index (χ2n) is 5.80. The van der Waals surface area contributed by atoms with Gasteiger partial charge in [-0.2, -0.15) is 0 Å². The molecule has 0 unspecified atom stereocenters. The number of carbonyl (C=O) groups excluding carboxylic acids is 2. The molecular weight excluding hydrogens is 316 g/mol. The zero-order valence-corrected chi connectivity index (χ0v) is 13.1. The molecule has 0 saturated carbocycles. The Labute approximate surface area is 136 Å². The van der Waals surface area contributed by atoms with Gasteiger partial charge in [0.05, 0.1) is 22.4 Å². The van der Waals surface area contributed by atoms with Gasteiger partial charge in [0.15, 0.2) is 5.13 Å². The van der Waals surface area contributed by atoms with E-state index in [0.29, 0.717) is 23.8 Å². The number of hydrogen-bond acceptors (Lipinski definition) is 6. The van der Waals surface area contributed by atoms with Crippen molar-refractivity contribution in [3.05, 3.63) is 23.8 Å². The number of thiazole rings is 1. The summed E-state index contributed by atoms with van der Waals surface area (Å²) >= 11 is 1.40. The summed E-state index contributed by atoms with van der Waals surface area (Å²) in [5.74, 6) is -0.184. The monoisotopic (exact) mass is 332 g/mol. The third kappa shape index (κ3) is 2.64. The van der Waals surface area contributed by atoms with E-state index in [9.17, 15) is 9.59 Å². The van der Waals surface area contributed by atoms with E-state index in [1.165, 1.54) is 11.3 Å². The molecule has 1 aromatic carbocycles. The zero-order valence-electron chi connectivity index (χ0n) is 12.3. The third-order valence-electron chi connectivity index (χ3n) is 4.26. The Hall–Kier alpha value is -2.19. The lowest BCUT2D eigenvalue weighted by Crippen LogP contribution is -2.61. The maximum Gasteiger partial charge on any atom is 0.254 e. The minimum Gasteiger partial charge on any atom is -0.375 e. The topological polar surface area (TPSA) is 97.6 Å². The summed E-state index contributed by atoms with van der Waals surface area (Å²) in [6, 6.07) is 5.30. The van der Waals surface area contributed by atoms with Crippen molar-refractivity contribution < 1.29 is 14.3 Å². The van der Waals surface area contributed by atoms with E-state index in [0.717, 1.165) is 16.6 Å². The molecule has 2 fully saturated rings. The number of nitrogen functional groups attached to an aromatic ring is 1. The van der Waals surface area contributed by atoms with E-state index in [1.807, 2.05) is 6.07 Å². The van der Waals surface area contributed by atoms with Crippen LogP contribution in [0, 0.1) is 0 Å². The van der Waals surface area contributed by atoms with Gasteiger partial charge in [0.1, 0.15) is 6.61 Å². The summed E-state index contributed by atoms with van der Waals surface area (Å²) in [6.07, 6.45) is 0.723. The predicted molar refractivity (Wildman–Crippen MR) is 86.2 cm³/mol. The number of rotatable bonds is 1. The standard InChI is InChI=1S/C15H16N4O3S/c16-15-18-9-5-8(1-2-12(9)23-15)14(21)19-4-3-11-10(6-19)17-13(20)7-22-11/h1-2,5,10-11H,3-4,6-7H2,(H2,16,18)(H,17,20)/t10-,11+/m0/s1. The average Bonchev–Trinajstić information content (AvgIpc) is 2.92. The Bertz CT molecular complexity index is 790. The van der Waals surface area contributed by atoms with Gasteiger partial charge in [-0.3, -0.25) is 9.59 Å². The maximum atomic E-state index is 12.7. The van der Waals surface area contributed by atoms with Crippen LogP contribution in [0.1, 0.15) is 16.8 Å². The molecule has 3 N–H and O–H groups in total. The average molecular weight is 332 g/mol. The molecule has 2 saturated heterocycles. The first-order valence-electron chi connectivity index (χ1n) is 7.46. The van der Waals surface area contributed by atoms with E-state index in [-0.39, 0.29) is 30.6 Å². The van der Waals surface area contributed by atoms with Crippen molar-refractivity contribution >= 4 is 38.5 Å². The first kappa shape index (κ1) is 14.4. The van der Waals surface area contributed by atoms with Crippen LogP contribution >= 0.6 is 11.3 Å². The van der Waals surface area contributed by atoms with E-state index in [1.54, 1.807) is 17.0 Å². The van der Waals surface area contributed by atoms with E-state index >= 15 is 0 Å². The van der Waals surface area contributed by atoms with Crippen molar-refractivity contribution in [1.82, 2.24) is 15.2 Å². The number of carbonyl (C=O) groups is 2. The van der Waals surface area contributed by atoms with Gasteiger partial charge >= 0.3 is 0 Å². The van der Waals surface area contributed by atoms with Crippen molar-refractivity contribution in [2.45, 2.75) is 18.6 Å². The molecule has 1 aromatic heterocycles. The molecule has 23 heavy (non-hydrogen) atoms. The molecule has 2 aromatic rings. The summed E-state index contributed by atoms with van der Waals surface area (Å²) in [7, 11) is 0. The van der Waals surface area contributed by atoms with Crippen molar-refractivity contribution in [3.8, 4) is 0 Å². The lowest BCUT2D eigenvalue weighted by molar-refractivity contribution is -0.139. The summed E-state index contributed by atoms with van der Waals surface area (Å²) in [4.78, 5) is 30.2. The molecule has 0 radical (unpaired) electrons. The minimum atomic E-state index is -0.132. The van der Waals surface area contributed by atoms with Gasteiger partial charge in [-0.15, -0.1) is 0 Å². The first-order valence-corrected chi connectivity index (χ1v) is 8.28. The van der Waals surface area contributed by atoms with Crippen LogP contribution in [0.25, 0.3) is 10.2 Å². The summed E-state index contributed by atoms with van der Waals surface area (Å²) in [6.45, 7) is 1.19. The molecule has 0 aliphatic carbocycles. The molecule has 2 aliphatic rings. The van der Waals surface area contributed by atoms with Crippen LogP contribution in [0.4, 0.5) is 5.13 Å². The number of piperidine rings is 1. The Balaban J connectivity index is 1.54. The summed E-state index contributed by atoms with van der Waals surface area (Å²) in [5.41, 5.74) is 7.03. The number of morpholine rings is 1. The fourth-order valence-corrected chi connectivity index (χ4v) is 3.86. The van der Waals surface area contributed by atoms with Gasteiger partial charge in [-0.1, -0.05) is 11.3 Å². The molecule has 2 amide bonds. The van der Waals surface area contributed by atoms with Crippen LogP contribution in [0.15, 0.2) is 18.2 Å². The normalized spacial score (nSPS) is 24.3. The number of aromatic nitrogens is 1. The summed E-state index contributed by atoms with van der Waals surface area (Å²) in [5, 5.41) is 3.40. The number of amides is 2. The van der Waals surface area contributed by atoms with Crippen molar-refractivity contribution in [1.29, 1.82) is 0 Å². The fourth-order valence-electron chi connectivity index (χ4n) is 3.15. The molecule has 8 heteroatoms. The van der Waals surface area contributed by atoms with E-state index in [4.69, 9.17) is 10.5 Å². The largest absolute Gasteiger partial charge is 0.375 e. The quantitative estimate of drug-likeness (QED) is 0.797. The van der Waals surface area contributed by atoms with Crippen LogP contribution in [0.3, 0.4) is 0 Å². The van der Waals surface area contributed by atoms with Crippen LogP contribution in [-0.4, -0.2) is 53.5 Å². The number of fused-ring (bicyclic) bond motifs is 2. The molecule has 4 rings (SSSR count). The second-order valence-corrected chi connectivity index (χ2v) is 6.86. The second kappa shape index (κ2) is 5.47. The molecule has 120 valence electrons. The summed E-state index contributed by atoms with van der Waals surface area (Å²) < 4.78 is 6.48. The predicted octanol–water partition coefficient (Wildman–Crippen LogP) is 0.608. The molecular formula is C15H16N4O3S. The number of hydrogen-bond donors (Lipinski definition) is 2. The van der Waals surface area contributed by atoms with Gasteiger partial charge in [0.2, 0.25) is 5.91 Å². The SMILES string of the molecule is Nc1nc2cc(C(=O)N3CC[C@H]4OCC(=O)N[C@H]4C3)ccc2s1. The van der Waals surface area contributed by atoms with Crippen molar-refractivity contribution in [2.75, 3.05) is 25.4 Å². The molecule has 2 aliphatic heterocycles. The number of likely N-dealkylation sites (tertiary alicyclic amines) is 1. The number of ether oxygens (including phenoxy) is 1. The highest BCUT2D eigenvalue weighted by Gasteiger charge is 2.36. The molecule has 3 heterocycles. The zero-order chi connectivity index (χ0) is 16.0. The number of nitrogens with zero attached hydrogens (tertiary/aromatic N) is 2. The highest BCUT2D eigenvalue weighted by molar-refractivity contribution is 7.22. The first-order chi connectivity index (χ1) is 11.1. The molecule has 0 bridgehead atoms. The fraction of sp³-hybridized carbons (Fsp3) is 0.400. The lowest BCUT2D eigenvalue weighted by atomic mass is 9.99. The van der Waals surface area contributed by atoms with E-state index in [2.05, 4.69) is 10.3 Å². The van der Waals surface area contributed by atoms with Crippen LogP contribution < -0.4 is 11.1 Å². The molecule has 7 nitrogen and oxygen atoms in total. The van der Waals surface area contributed by atoms with Gasteiger partial charge in [0.25, 0.3) is 5.91 Å². The van der Waals surface area contributed by atoms with Crippen molar-refractivity contribution in [2.24, 2.45) is 0 Å². The van der Waals surface area contributed by atoms with Crippen LogP contribution in [0.5, 0.6) is 0 Å². The third-order valence-corrected chi connectivity index (χ3v) is 5.13.